The summed E-state index contributed by atoms with van der Waals surface area (Å²) in [7, 11) is 1.66. The van der Waals surface area contributed by atoms with Crippen molar-refractivity contribution in [3.63, 3.8) is 0 Å². The van der Waals surface area contributed by atoms with E-state index in [1.807, 2.05) is 26.0 Å². The minimum Gasteiger partial charge on any atom is -0.446 e. The van der Waals surface area contributed by atoms with Crippen LogP contribution in [0.25, 0.3) is 10.2 Å². The maximum atomic E-state index is 11.8. The molecule has 9 nitrogen and oxygen atoms in total. The quantitative estimate of drug-likeness (QED) is 0.517. The Labute approximate surface area is 178 Å². The second kappa shape index (κ2) is 8.97. The number of pyridine rings is 1. The minimum atomic E-state index is -0.348. The lowest BCUT2D eigenvalue weighted by atomic mass is 10.0. The molecule has 30 heavy (non-hydrogen) atoms. The molecule has 10 heteroatoms. The highest BCUT2D eigenvalue weighted by Crippen LogP contribution is 2.36. The third-order valence-corrected chi connectivity index (χ3v) is 6.02. The summed E-state index contributed by atoms with van der Waals surface area (Å²) in [5.74, 6) is 1.71. The van der Waals surface area contributed by atoms with Crippen LogP contribution in [0, 0.1) is 0 Å². The number of methoxy groups -OCH3 is 1. The van der Waals surface area contributed by atoms with Gasteiger partial charge in [-0.3, -0.25) is 5.10 Å². The predicted octanol–water partition coefficient (Wildman–Crippen LogP) is 4.08. The normalized spacial score (nSPS) is 18.8. The third kappa shape index (κ3) is 4.71. The summed E-state index contributed by atoms with van der Waals surface area (Å²) in [5.41, 5.74) is 1.92. The van der Waals surface area contributed by atoms with Gasteiger partial charge in [0.1, 0.15) is 11.1 Å². The first kappa shape index (κ1) is 20.5. The van der Waals surface area contributed by atoms with E-state index in [2.05, 4.69) is 30.8 Å². The first-order chi connectivity index (χ1) is 14.5. The number of thiazole rings is 1. The summed E-state index contributed by atoms with van der Waals surface area (Å²) in [6.07, 6.45) is 3.90. The van der Waals surface area contributed by atoms with Crippen molar-refractivity contribution < 1.29 is 14.3 Å². The number of carbonyl (C=O) groups excluding carboxylic acids is 1. The van der Waals surface area contributed by atoms with E-state index < -0.39 is 0 Å². The van der Waals surface area contributed by atoms with E-state index in [1.54, 1.807) is 24.6 Å². The molecular formula is C20H26N6O3S. The van der Waals surface area contributed by atoms with E-state index >= 15 is 0 Å². The molecule has 1 fully saturated rings. The number of aromatic amines is 1. The van der Waals surface area contributed by atoms with Gasteiger partial charge in [0.05, 0.1) is 16.8 Å². The Morgan fingerprint density at radius 2 is 2.27 bits per heavy atom. The Kier molecular flexibility index (Phi) is 6.14. The Morgan fingerprint density at radius 1 is 1.40 bits per heavy atom. The van der Waals surface area contributed by atoms with Crippen molar-refractivity contribution in [2.24, 2.45) is 0 Å². The van der Waals surface area contributed by atoms with E-state index in [4.69, 9.17) is 9.47 Å². The summed E-state index contributed by atoms with van der Waals surface area (Å²) >= 11 is 1.56. The first-order valence-corrected chi connectivity index (χ1v) is 10.9. The number of H-pyrrole nitrogens is 1. The Balaban J connectivity index is 1.40. The van der Waals surface area contributed by atoms with Crippen molar-refractivity contribution in [1.29, 1.82) is 0 Å². The summed E-state index contributed by atoms with van der Waals surface area (Å²) in [4.78, 5) is 20.8. The molecule has 1 amide bonds. The molecule has 1 aliphatic rings. The van der Waals surface area contributed by atoms with Crippen LogP contribution in [0.15, 0.2) is 18.3 Å². The summed E-state index contributed by atoms with van der Waals surface area (Å²) < 4.78 is 11.7. The molecule has 0 radical (unpaired) electrons. The van der Waals surface area contributed by atoms with Gasteiger partial charge in [-0.05, 0) is 39.2 Å². The van der Waals surface area contributed by atoms with Gasteiger partial charge in [-0.2, -0.15) is 5.10 Å². The lowest BCUT2D eigenvalue weighted by molar-refractivity contribution is 0.0981. The van der Waals surface area contributed by atoms with Gasteiger partial charge in [0.2, 0.25) is 0 Å². The molecular weight excluding hydrogens is 404 g/mol. The van der Waals surface area contributed by atoms with Gasteiger partial charge in [-0.25, -0.2) is 14.8 Å². The molecule has 0 saturated heterocycles. The van der Waals surface area contributed by atoms with Crippen molar-refractivity contribution in [1.82, 2.24) is 25.5 Å². The topological polar surface area (TPSA) is 114 Å². The highest BCUT2D eigenvalue weighted by atomic mass is 32.1. The monoisotopic (exact) mass is 430 g/mol. The molecule has 0 unspecified atom stereocenters. The number of amides is 1. The van der Waals surface area contributed by atoms with Crippen LogP contribution < -0.4 is 10.6 Å². The molecule has 0 aromatic carbocycles. The van der Waals surface area contributed by atoms with Crippen LogP contribution >= 0.6 is 11.3 Å². The lowest BCUT2D eigenvalue weighted by Gasteiger charge is -2.14. The fourth-order valence-electron chi connectivity index (χ4n) is 3.66. The number of alkyl carbamates (subject to hydrolysis) is 1. The zero-order valence-corrected chi connectivity index (χ0v) is 18.1. The second-order valence-corrected chi connectivity index (χ2v) is 8.80. The zero-order chi connectivity index (χ0) is 21.1. The maximum absolute atomic E-state index is 11.8. The molecule has 2 atom stereocenters. The van der Waals surface area contributed by atoms with E-state index in [9.17, 15) is 4.79 Å². The molecule has 0 bridgehead atoms. The highest BCUT2D eigenvalue weighted by molar-refractivity contribution is 7.19. The van der Waals surface area contributed by atoms with Gasteiger partial charge in [-0.15, -0.1) is 11.3 Å². The zero-order valence-electron chi connectivity index (χ0n) is 17.3. The van der Waals surface area contributed by atoms with E-state index in [-0.39, 0.29) is 24.2 Å². The van der Waals surface area contributed by atoms with E-state index in [0.717, 1.165) is 46.0 Å². The molecule has 1 aliphatic carbocycles. The number of hydrogen-bond donors (Lipinski definition) is 3. The SMILES string of the molecule is COCc1nc2ccnc(Nc3cc([C@H]4CC[C@@H](OC(=O)NC(C)C)C4)[nH]n3)c2s1. The van der Waals surface area contributed by atoms with Crippen LogP contribution in [0.1, 0.15) is 49.7 Å². The number of nitrogens with zero attached hydrogens (tertiary/aromatic N) is 3. The molecule has 0 spiro atoms. The number of aromatic nitrogens is 4. The number of nitrogens with one attached hydrogen (secondary N) is 3. The number of anilines is 2. The summed E-state index contributed by atoms with van der Waals surface area (Å²) in [5, 5.41) is 14.5. The smallest absolute Gasteiger partial charge is 0.407 e. The van der Waals surface area contributed by atoms with Gasteiger partial charge in [0.15, 0.2) is 11.6 Å². The molecule has 1 saturated carbocycles. The van der Waals surface area contributed by atoms with Crippen molar-refractivity contribution in [2.75, 3.05) is 12.4 Å². The predicted molar refractivity (Wildman–Crippen MR) is 115 cm³/mol. The Morgan fingerprint density at radius 3 is 3.07 bits per heavy atom. The number of fused-ring (bicyclic) bond motifs is 1. The molecule has 3 aromatic heterocycles. The van der Waals surface area contributed by atoms with Gasteiger partial charge >= 0.3 is 6.09 Å². The molecule has 3 N–H and O–H groups in total. The van der Waals surface area contributed by atoms with Crippen LogP contribution in [0.2, 0.25) is 0 Å². The van der Waals surface area contributed by atoms with Crippen LogP contribution in [0.4, 0.5) is 16.4 Å². The van der Waals surface area contributed by atoms with Crippen molar-refractivity contribution in [3.05, 3.63) is 29.0 Å². The largest absolute Gasteiger partial charge is 0.446 e. The average Bonchev–Trinajstić information content (AvgIpc) is 3.41. The third-order valence-electron chi connectivity index (χ3n) is 4.97. The van der Waals surface area contributed by atoms with E-state index in [0.29, 0.717) is 12.4 Å². The van der Waals surface area contributed by atoms with Gasteiger partial charge in [0.25, 0.3) is 0 Å². The minimum absolute atomic E-state index is 0.0677. The Hall–Kier alpha value is -2.72. The first-order valence-electron chi connectivity index (χ1n) is 10.0. The Bertz CT molecular complexity index is 1020. The van der Waals surface area contributed by atoms with Crippen LogP contribution in [-0.4, -0.2) is 45.5 Å². The maximum Gasteiger partial charge on any atom is 0.407 e. The molecule has 4 rings (SSSR count). The summed E-state index contributed by atoms with van der Waals surface area (Å²) in [6.45, 7) is 4.31. The van der Waals surface area contributed by atoms with Crippen LogP contribution in [0.3, 0.4) is 0 Å². The van der Waals surface area contributed by atoms with Crippen LogP contribution in [-0.2, 0) is 16.1 Å². The number of rotatable bonds is 7. The summed E-state index contributed by atoms with van der Waals surface area (Å²) in [6, 6.07) is 3.96. The molecule has 3 aromatic rings. The van der Waals surface area contributed by atoms with Gasteiger partial charge in [-0.1, -0.05) is 0 Å². The molecule has 160 valence electrons. The number of carbonyl (C=O) groups is 1. The second-order valence-electron chi connectivity index (χ2n) is 7.72. The van der Waals surface area contributed by atoms with Crippen molar-refractivity contribution >= 4 is 39.3 Å². The number of hydrogen-bond acceptors (Lipinski definition) is 8. The standard InChI is InChI=1S/C20H26N6O3S/c1-11(2)22-20(27)29-13-5-4-12(8-13)15-9-16(26-25-15)24-19-18-14(6-7-21-19)23-17(30-18)10-28-3/h6-7,9,11-13H,4-5,8,10H2,1-3H3,(H,22,27)(H2,21,24,25,26)/t12-,13+/m0/s1. The molecule has 3 heterocycles. The van der Waals surface area contributed by atoms with E-state index in [1.165, 1.54) is 0 Å². The van der Waals surface area contributed by atoms with Crippen molar-refractivity contribution in [2.45, 2.75) is 57.8 Å². The number of ether oxygens (including phenoxy) is 2. The van der Waals surface area contributed by atoms with Crippen molar-refractivity contribution in [3.8, 4) is 0 Å². The lowest BCUT2D eigenvalue weighted by Crippen LogP contribution is -2.33. The fraction of sp³-hybridized carbons (Fsp3) is 0.500. The highest BCUT2D eigenvalue weighted by Gasteiger charge is 2.30. The fourth-order valence-corrected chi connectivity index (χ4v) is 4.63. The van der Waals surface area contributed by atoms with Gasteiger partial charge < -0.3 is 20.1 Å². The van der Waals surface area contributed by atoms with Crippen LogP contribution in [0.5, 0.6) is 0 Å². The average molecular weight is 431 g/mol. The molecule has 0 aliphatic heterocycles. The van der Waals surface area contributed by atoms with Gasteiger partial charge in [0, 0.05) is 37.0 Å².